The lowest BCUT2D eigenvalue weighted by Crippen LogP contribution is -2.44. The normalized spacial score (nSPS) is 35.7. The van der Waals surface area contributed by atoms with Crippen molar-refractivity contribution in [1.29, 1.82) is 0 Å². The van der Waals surface area contributed by atoms with Crippen molar-refractivity contribution in [3.05, 3.63) is 12.2 Å². The monoisotopic (exact) mass is 311 g/mol. The van der Waals surface area contributed by atoms with Crippen LogP contribution in [0.2, 0.25) is 0 Å². The van der Waals surface area contributed by atoms with Crippen molar-refractivity contribution < 1.29 is 14.6 Å². The summed E-state index contributed by atoms with van der Waals surface area (Å²) in [5.41, 5.74) is 0.0513. The number of rotatable bonds is 5. The Bertz CT molecular complexity index is 390. The molecule has 4 nitrogen and oxygen atoms in total. The van der Waals surface area contributed by atoms with Gasteiger partial charge in [-0.3, -0.25) is 0 Å². The Kier molecular flexibility index (Phi) is 5.70. The van der Waals surface area contributed by atoms with Crippen LogP contribution in [0.1, 0.15) is 47.5 Å². The van der Waals surface area contributed by atoms with Crippen LogP contribution in [0.3, 0.4) is 0 Å². The van der Waals surface area contributed by atoms with E-state index in [1.54, 1.807) is 0 Å². The van der Waals surface area contributed by atoms with Gasteiger partial charge in [0.25, 0.3) is 0 Å². The highest BCUT2D eigenvalue weighted by Crippen LogP contribution is 2.41. The second-order valence-electron chi connectivity index (χ2n) is 7.78. The lowest BCUT2D eigenvalue weighted by molar-refractivity contribution is -0.165. The summed E-state index contributed by atoms with van der Waals surface area (Å²) in [4.78, 5) is 2.40. The van der Waals surface area contributed by atoms with E-state index in [0.29, 0.717) is 13.0 Å². The number of hydrogen-bond donors (Lipinski definition) is 1. The molecule has 2 rings (SSSR count). The molecule has 0 aromatic heterocycles. The summed E-state index contributed by atoms with van der Waals surface area (Å²) in [7, 11) is 0. The first kappa shape index (κ1) is 17.9. The van der Waals surface area contributed by atoms with Gasteiger partial charge in [0.15, 0.2) is 5.79 Å². The first-order chi connectivity index (χ1) is 10.3. The van der Waals surface area contributed by atoms with Gasteiger partial charge >= 0.3 is 0 Å². The summed E-state index contributed by atoms with van der Waals surface area (Å²) in [6.07, 6.45) is 5.47. The van der Waals surface area contributed by atoms with Crippen molar-refractivity contribution in [1.82, 2.24) is 4.90 Å². The second-order valence-corrected chi connectivity index (χ2v) is 7.78. The molecule has 0 saturated carbocycles. The zero-order chi connectivity index (χ0) is 16.4. The molecule has 0 amide bonds. The third kappa shape index (κ3) is 4.10. The number of likely N-dealkylation sites (N-methyl/N-ethyl adjacent to an activating group) is 1. The van der Waals surface area contributed by atoms with Crippen molar-refractivity contribution in [2.24, 2.45) is 11.3 Å². The molecule has 1 aliphatic heterocycles. The van der Waals surface area contributed by atoms with Crippen LogP contribution >= 0.6 is 0 Å². The first-order valence-electron chi connectivity index (χ1n) is 8.71. The zero-order valence-corrected chi connectivity index (χ0v) is 14.8. The molecule has 0 aromatic carbocycles. The van der Waals surface area contributed by atoms with E-state index in [4.69, 9.17) is 9.47 Å². The van der Waals surface area contributed by atoms with Gasteiger partial charge in [0.2, 0.25) is 0 Å². The van der Waals surface area contributed by atoms with Crippen molar-refractivity contribution in [2.45, 2.75) is 65.5 Å². The van der Waals surface area contributed by atoms with Crippen molar-refractivity contribution >= 4 is 0 Å². The largest absolute Gasteiger partial charge is 0.392 e. The molecule has 22 heavy (non-hydrogen) atoms. The standard InChI is InChI=1S/C18H33NO3/c1-6-10-19(7-2)12-14-13-21-18(22-14)9-8-15(16(20)11-18)17(3,4)5/h8-9,14-16,20H,6-7,10-13H2,1-5H3. The highest BCUT2D eigenvalue weighted by Gasteiger charge is 2.46. The maximum absolute atomic E-state index is 10.5. The lowest BCUT2D eigenvalue weighted by atomic mass is 9.73. The first-order valence-corrected chi connectivity index (χ1v) is 8.71. The molecule has 2 aliphatic rings. The minimum absolute atomic E-state index is 0.0513. The fraction of sp³-hybridized carbons (Fsp3) is 0.889. The Morgan fingerprint density at radius 1 is 1.32 bits per heavy atom. The Balaban J connectivity index is 1.97. The molecular formula is C18H33NO3. The maximum atomic E-state index is 10.5. The molecule has 1 fully saturated rings. The molecule has 128 valence electrons. The average Bonchev–Trinajstić information content (AvgIpc) is 2.79. The number of aliphatic hydroxyl groups is 1. The average molecular weight is 311 g/mol. The summed E-state index contributed by atoms with van der Waals surface area (Å²) in [5.74, 6) is -0.561. The van der Waals surface area contributed by atoms with Crippen molar-refractivity contribution in [2.75, 3.05) is 26.2 Å². The van der Waals surface area contributed by atoms with Gasteiger partial charge in [0, 0.05) is 18.9 Å². The molecule has 0 aromatic rings. The van der Waals surface area contributed by atoms with Gasteiger partial charge in [-0.05, 0) is 31.0 Å². The molecule has 4 atom stereocenters. The fourth-order valence-corrected chi connectivity index (χ4v) is 3.58. The zero-order valence-electron chi connectivity index (χ0n) is 14.8. The second kappa shape index (κ2) is 7.00. The minimum atomic E-state index is -0.711. The molecular weight excluding hydrogens is 278 g/mol. The van der Waals surface area contributed by atoms with Crippen LogP contribution in [0.25, 0.3) is 0 Å². The summed E-state index contributed by atoms with van der Waals surface area (Å²) in [5, 5.41) is 10.5. The van der Waals surface area contributed by atoms with Crippen LogP contribution in [0.15, 0.2) is 12.2 Å². The molecule has 1 spiro atoms. The maximum Gasteiger partial charge on any atom is 0.190 e. The van der Waals surface area contributed by atoms with Gasteiger partial charge in [0.05, 0.1) is 18.8 Å². The molecule has 1 saturated heterocycles. The van der Waals surface area contributed by atoms with Gasteiger partial charge in [0.1, 0.15) is 0 Å². The number of nitrogens with zero attached hydrogens (tertiary/aromatic N) is 1. The number of ether oxygens (including phenoxy) is 2. The van der Waals surface area contributed by atoms with E-state index in [1.165, 1.54) is 0 Å². The molecule has 1 N–H and O–H groups in total. The van der Waals surface area contributed by atoms with E-state index in [0.717, 1.165) is 26.1 Å². The fourth-order valence-electron chi connectivity index (χ4n) is 3.58. The smallest absolute Gasteiger partial charge is 0.190 e. The van der Waals surface area contributed by atoms with Crippen molar-refractivity contribution in [3.63, 3.8) is 0 Å². The lowest BCUT2D eigenvalue weighted by Gasteiger charge is -2.40. The van der Waals surface area contributed by atoms with E-state index < -0.39 is 11.9 Å². The van der Waals surface area contributed by atoms with Gasteiger partial charge in [-0.15, -0.1) is 0 Å². The number of aliphatic hydroxyl groups excluding tert-OH is 1. The summed E-state index contributed by atoms with van der Waals surface area (Å²) in [6.45, 7) is 14.5. The van der Waals surface area contributed by atoms with E-state index >= 15 is 0 Å². The van der Waals surface area contributed by atoms with Crippen LogP contribution in [0.5, 0.6) is 0 Å². The van der Waals surface area contributed by atoms with Crippen LogP contribution in [0, 0.1) is 11.3 Å². The highest BCUT2D eigenvalue weighted by atomic mass is 16.7. The van der Waals surface area contributed by atoms with E-state index in [2.05, 4.69) is 45.6 Å². The molecule has 0 radical (unpaired) electrons. The van der Waals surface area contributed by atoms with Gasteiger partial charge in [-0.1, -0.05) is 40.7 Å². The third-order valence-corrected chi connectivity index (χ3v) is 4.79. The van der Waals surface area contributed by atoms with Crippen molar-refractivity contribution in [3.8, 4) is 0 Å². The minimum Gasteiger partial charge on any atom is -0.392 e. The molecule has 0 bridgehead atoms. The SMILES string of the molecule is CCCN(CC)CC1COC2(C=CC(C(C)(C)C)C(O)C2)O1. The summed E-state index contributed by atoms with van der Waals surface area (Å²) < 4.78 is 12.1. The molecule has 4 heteroatoms. The molecule has 1 aliphatic carbocycles. The Hall–Kier alpha value is -0.420. The summed E-state index contributed by atoms with van der Waals surface area (Å²) in [6, 6.07) is 0. The quantitative estimate of drug-likeness (QED) is 0.793. The van der Waals surface area contributed by atoms with E-state index in [-0.39, 0.29) is 17.4 Å². The van der Waals surface area contributed by atoms with Crippen LogP contribution in [0.4, 0.5) is 0 Å². The van der Waals surface area contributed by atoms with Gasteiger partial charge in [-0.2, -0.15) is 0 Å². The molecule has 4 unspecified atom stereocenters. The summed E-state index contributed by atoms with van der Waals surface area (Å²) >= 11 is 0. The Morgan fingerprint density at radius 2 is 2.05 bits per heavy atom. The predicted octanol–water partition coefficient (Wildman–Crippen LogP) is 2.81. The number of hydrogen-bond acceptors (Lipinski definition) is 4. The molecule has 1 heterocycles. The van der Waals surface area contributed by atoms with Crippen LogP contribution in [-0.2, 0) is 9.47 Å². The Labute approximate surface area is 135 Å². The highest BCUT2D eigenvalue weighted by molar-refractivity contribution is 5.12. The van der Waals surface area contributed by atoms with Crippen LogP contribution < -0.4 is 0 Å². The van der Waals surface area contributed by atoms with Gasteiger partial charge in [-0.25, -0.2) is 0 Å². The Morgan fingerprint density at radius 3 is 2.59 bits per heavy atom. The van der Waals surface area contributed by atoms with Crippen LogP contribution in [-0.4, -0.2) is 54.2 Å². The predicted molar refractivity (Wildman–Crippen MR) is 88.7 cm³/mol. The third-order valence-electron chi connectivity index (χ3n) is 4.79. The van der Waals surface area contributed by atoms with E-state index in [1.807, 2.05) is 6.08 Å². The topological polar surface area (TPSA) is 41.9 Å². The van der Waals surface area contributed by atoms with E-state index in [9.17, 15) is 5.11 Å². The van der Waals surface area contributed by atoms with Gasteiger partial charge < -0.3 is 19.5 Å².